The molecule has 0 unspecified atom stereocenters. The van der Waals surface area contributed by atoms with Crippen LogP contribution in [0.25, 0.3) is 10.2 Å². The van der Waals surface area contributed by atoms with E-state index in [1.807, 2.05) is 51.1 Å². The van der Waals surface area contributed by atoms with E-state index in [0.29, 0.717) is 17.2 Å². The molecule has 6 heteroatoms. The smallest absolute Gasteiger partial charge is 0.260 e. The highest BCUT2D eigenvalue weighted by atomic mass is 32.1. The molecule has 0 N–H and O–H groups in total. The fourth-order valence-corrected chi connectivity index (χ4v) is 4.46. The number of ether oxygens (including phenoxy) is 1. The van der Waals surface area contributed by atoms with Crippen molar-refractivity contribution in [3.05, 3.63) is 83.2 Å². The number of carbonyl (C=O) groups is 1. The van der Waals surface area contributed by atoms with Crippen LogP contribution < -0.4 is 9.64 Å². The standard InChI is InChI=1S/C25H25N3O2S/c1-16(2)30-21-12-10-19(11-13-21)24(29)28(15-20-7-5-6-14-26-20)25-27-22-17(3)8-9-18(4)23(22)31-25/h5-14,16H,15H2,1-4H3. The van der Waals surface area contributed by atoms with Crippen LogP contribution in [0.15, 0.2) is 60.8 Å². The van der Waals surface area contributed by atoms with Gasteiger partial charge in [-0.1, -0.05) is 29.5 Å². The molecule has 0 aliphatic heterocycles. The highest BCUT2D eigenvalue weighted by molar-refractivity contribution is 7.22. The Hall–Kier alpha value is -3.25. The summed E-state index contributed by atoms with van der Waals surface area (Å²) in [6.45, 7) is 8.42. The molecule has 0 saturated heterocycles. The van der Waals surface area contributed by atoms with Crippen molar-refractivity contribution in [1.29, 1.82) is 0 Å². The summed E-state index contributed by atoms with van der Waals surface area (Å²) in [5, 5.41) is 0.672. The number of nitrogens with zero attached hydrogens (tertiary/aromatic N) is 3. The zero-order chi connectivity index (χ0) is 22.0. The van der Waals surface area contributed by atoms with Crippen LogP contribution in [0.3, 0.4) is 0 Å². The van der Waals surface area contributed by atoms with E-state index in [1.54, 1.807) is 34.6 Å². The van der Waals surface area contributed by atoms with Crippen LogP contribution in [0.5, 0.6) is 5.75 Å². The largest absolute Gasteiger partial charge is 0.491 e. The molecule has 158 valence electrons. The van der Waals surface area contributed by atoms with Crippen molar-refractivity contribution in [3.8, 4) is 5.75 Å². The SMILES string of the molecule is Cc1ccc(C)c2sc(N(Cc3ccccn3)C(=O)c3ccc(OC(C)C)cc3)nc12. The fourth-order valence-electron chi connectivity index (χ4n) is 3.35. The molecule has 0 bridgehead atoms. The lowest BCUT2D eigenvalue weighted by Crippen LogP contribution is -2.30. The first-order chi connectivity index (χ1) is 14.9. The third-order valence-corrected chi connectivity index (χ3v) is 6.14. The number of hydrogen-bond donors (Lipinski definition) is 0. The van der Waals surface area contributed by atoms with Gasteiger partial charge >= 0.3 is 0 Å². The van der Waals surface area contributed by atoms with Gasteiger partial charge in [0.25, 0.3) is 5.91 Å². The number of fused-ring (bicyclic) bond motifs is 1. The number of pyridine rings is 1. The Labute approximate surface area is 186 Å². The molecule has 1 amide bonds. The molecule has 0 atom stereocenters. The second-order valence-corrected chi connectivity index (χ2v) is 8.75. The number of aromatic nitrogens is 2. The van der Waals surface area contributed by atoms with Gasteiger partial charge in [-0.3, -0.25) is 14.7 Å². The molecule has 5 nitrogen and oxygen atoms in total. The van der Waals surface area contributed by atoms with Crippen LogP contribution >= 0.6 is 11.3 Å². The first-order valence-corrected chi connectivity index (χ1v) is 11.1. The van der Waals surface area contributed by atoms with Gasteiger partial charge in [0.05, 0.1) is 28.6 Å². The lowest BCUT2D eigenvalue weighted by molar-refractivity contribution is 0.0984. The molecule has 0 aliphatic rings. The van der Waals surface area contributed by atoms with Crippen molar-refractivity contribution in [2.45, 2.75) is 40.3 Å². The van der Waals surface area contributed by atoms with E-state index >= 15 is 0 Å². The first kappa shape index (κ1) is 21.0. The maximum Gasteiger partial charge on any atom is 0.260 e. The fraction of sp³-hybridized carbons (Fsp3) is 0.240. The number of thiazole rings is 1. The van der Waals surface area contributed by atoms with Crippen LogP contribution in [0, 0.1) is 13.8 Å². The number of carbonyl (C=O) groups excluding carboxylic acids is 1. The Bertz CT molecular complexity index is 1160. The summed E-state index contributed by atoms with van der Waals surface area (Å²) in [6.07, 6.45) is 1.82. The Morgan fingerprint density at radius 1 is 1.03 bits per heavy atom. The van der Waals surface area contributed by atoms with Gasteiger partial charge in [0.2, 0.25) is 0 Å². The van der Waals surface area contributed by atoms with Crippen molar-refractivity contribution in [2.24, 2.45) is 0 Å². The molecule has 0 radical (unpaired) electrons. The number of aryl methyl sites for hydroxylation is 2. The van der Waals surface area contributed by atoms with Gasteiger partial charge in [0.15, 0.2) is 5.13 Å². The van der Waals surface area contributed by atoms with Crippen molar-refractivity contribution < 1.29 is 9.53 Å². The monoisotopic (exact) mass is 431 g/mol. The van der Waals surface area contributed by atoms with Crippen LogP contribution in [0.1, 0.15) is 41.0 Å². The van der Waals surface area contributed by atoms with Crippen LogP contribution in [-0.2, 0) is 6.54 Å². The van der Waals surface area contributed by atoms with Gasteiger partial charge in [-0.25, -0.2) is 4.98 Å². The normalized spacial score (nSPS) is 11.1. The molecular weight excluding hydrogens is 406 g/mol. The average Bonchev–Trinajstić information content (AvgIpc) is 3.22. The van der Waals surface area contributed by atoms with E-state index in [9.17, 15) is 4.79 Å². The van der Waals surface area contributed by atoms with E-state index in [1.165, 1.54) is 0 Å². The molecule has 4 rings (SSSR count). The van der Waals surface area contributed by atoms with Crippen LogP contribution in [-0.4, -0.2) is 22.0 Å². The molecule has 2 heterocycles. The Morgan fingerprint density at radius 2 is 1.77 bits per heavy atom. The number of anilines is 1. The zero-order valence-electron chi connectivity index (χ0n) is 18.1. The number of hydrogen-bond acceptors (Lipinski definition) is 5. The van der Waals surface area contributed by atoms with Gasteiger partial charge in [0.1, 0.15) is 5.75 Å². The molecule has 4 aromatic rings. The highest BCUT2D eigenvalue weighted by Gasteiger charge is 2.23. The second-order valence-electron chi connectivity index (χ2n) is 7.78. The van der Waals surface area contributed by atoms with E-state index in [4.69, 9.17) is 9.72 Å². The topological polar surface area (TPSA) is 55.3 Å². The Kier molecular flexibility index (Phi) is 6.00. The van der Waals surface area contributed by atoms with E-state index in [0.717, 1.165) is 32.8 Å². The molecule has 2 aromatic carbocycles. The van der Waals surface area contributed by atoms with Gasteiger partial charge < -0.3 is 4.74 Å². The first-order valence-electron chi connectivity index (χ1n) is 10.3. The lowest BCUT2D eigenvalue weighted by atomic mass is 10.1. The molecule has 2 aromatic heterocycles. The van der Waals surface area contributed by atoms with Crippen molar-refractivity contribution >= 4 is 32.6 Å². The van der Waals surface area contributed by atoms with Crippen molar-refractivity contribution in [1.82, 2.24) is 9.97 Å². The average molecular weight is 432 g/mol. The third kappa shape index (κ3) is 4.59. The highest BCUT2D eigenvalue weighted by Crippen LogP contribution is 2.34. The minimum Gasteiger partial charge on any atom is -0.491 e. The number of benzene rings is 2. The van der Waals surface area contributed by atoms with E-state index < -0.39 is 0 Å². The summed E-state index contributed by atoms with van der Waals surface area (Å²) in [4.78, 5) is 24.5. The molecule has 0 aliphatic carbocycles. The molecule has 0 fully saturated rings. The molecule has 0 spiro atoms. The molecular formula is C25H25N3O2S. The quantitative estimate of drug-likeness (QED) is 0.379. The van der Waals surface area contributed by atoms with Crippen molar-refractivity contribution in [2.75, 3.05) is 4.90 Å². The predicted molar refractivity (Wildman–Crippen MR) is 126 cm³/mol. The number of rotatable bonds is 6. The summed E-state index contributed by atoms with van der Waals surface area (Å²) in [5.74, 6) is 0.630. The second kappa shape index (κ2) is 8.86. The van der Waals surface area contributed by atoms with Gasteiger partial charge in [-0.2, -0.15) is 0 Å². The summed E-state index contributed by atoms with van der Waals surface area (Å²) in [6, 6.07) is 17.1. The van der Waals surface area contributed by atoms with Crippen molar-refractivity contribution in [3.63, 3.8) is 0 Å². The summed E-state index contributed by atoms with van der Waals surface area (Å²) in [5.41, 5.74) is 4.59. The van der Waals surface area contributed by atoms with Gasteiger partial charge in [-0.05, 0) is 75.2 Å². The minimum absolute atomic E-state index is 0.0800. The third-order valence-electron chi connectivity index (χ3n) is 4.93. The van der Waals surface area contributed by atoms with Crippen LogP contribution in [0.4, 0.5) is 5.13 Å². The van der Waals surface area contributed by atoms with E-state index in [2.05, 4.69) is 24.0 Å². The van der Waals surface area contributed by atoms with E-state index in [-0.39, 0.29) is 12.0 Å². The zero-order valence-corrected chi connectivity index (χ0v) is 18.9. The summed E-state index contributed by atoms with van der Waals surface area (Å²) < 4.78 is 6.82. The molecule has 0 saturated carbocycles. The predicted octanol–water partition coefficient (Wildman–Crippen LogP) is 5.94. The Morgan fingerprint density at radius 3 is 2.42 bits per heavy atom. The minimum atomic E-state index is -0.115. The Balaban J connectivity index is 1.73. The van der Waals surface area contributed by atoms with Gasteiger partial charge in [-0.15, -0.1) is 0 Å². The lowest BCUT2D eigenvalue weighted by Gasteiger charge is -2.20. The summed E-state index contributed by atoms with van der Waals surface area (Å²) in [7, 11) is 0. The maximum absolute atomic E-state index is 13.6. The van der Waals surface area contributed by atoms with Gasteiger partial charge in [0, 0.05) is 11.8 Å². The van der Waals surface area contributed by atoms with Crippen LogP contribution in [0.2, 0.25) is 0 Å². The number of amides is 1. The maximum atomic E-state index is 13.6. The summed E-state index contributed by atoms with van der Waals surface area (Å²) >= 11 is 1.54. The molecule has 31 heavy (non-hydrogen) atoms.